The molecule has 0 aliphatic rings. The fourth-order valence-corrected chi connectivity index (χ4v) is 2.78. The molecule has 2 rings (SSSR count). The summed E-state index contributed by atoms with van der Waals surface area (Å²) < 4.78 is 11.9. The van der Waals surface area contributed by atoms with Gasteiger partial charge in [0.1, 0.15) is 12.6 Å². The summed E-state index contributed by atoms with van der Waals surface area (Å²) in [5.74, 6) is -0.521. The molecule has 0 aliphatic heterocycles. The predicted octanol–water partition coefficient (Wildman–Crippen LogP) is 3.64. The van der Waals surface area contributed by atoms with E-state index in [4.69, 9.17) is 14.6 Å². The number of hydrogen-bond acceptors (Lipinski definition) is 4. The van der Waals surface area contributed by atoms with Crippen molar-refractivity contribution in [2.24, 2.45) is 0 Å². The molecular formula is C20H20BrNO5. The minimum Gasteiger partial charge on any atom is -0.493 e. The summed E-state index contributed by atoms with van der Waals surface area (Å²) >= 11 is 3.46. The van der Waals surface area contributed by atoms with Gasteiger partial charge < -0.3 is 19.9 Å². The Kier molecular flexibility index (Phi) is 7.43. The average Bonchev–Trinajstić information content (AvgIpc) is 2.65. The molecule has 0 bridgehead atoms. The molecule has 0 heterocycles. The number of methoxy groups -OCH3 is 1. The van der Waals surface area contributed by atoms with Gasteiger partial charge in [0.05, 0.1) is 11.6 Å². The van der Waals surface area contributed by atoms with Gasteiger partial charge in [-0.25, -0.2) is 0 Å². The maximum absolute atomic E-state index is 11.8. The molecule has 0 saturated heterocycles. The van der Waals surface area contributed by atoms with Crippen molar-refractivity contribution < 1.29 is 24.2 Å². The summed E-state index contributed by atoms with van der Waals surface area (Å²) in [5.41, 5.74) is 1.73. The molecule has 2 N–H and O–H groups in total. The highest BCUT2D eigenvalue weighted by Gasteiger charge is 2.13. The van der Waals surface area contributed by atoms with Gasteiger partial charge in [-0.2, -0.15) is 0 Å². The lowest BCUT2D eigenvalue weighted by atomic mass is 10.1. The highest BCUT2D eigenvalue weighted by Crippen LogP contribution is 2.37. The van der Waals surface area contributed by atoms with Crippen LogP contribution in [0.25, 0.3) is 6.08 Å². The lowest BCUT2D eigenvalue weighted by molar-refractivity contribution is -0.140. The fourth-order valence-electron chi connectivity index (χ4n) is 2.20. The van der Waals surface area contributed by atoms with Gasteiger partial charge in [0.15, 0.2) is 11.5 Å². The first-order valence-electron chi connectivity index (χ1n) is 8.16. The van der Waals surface area contributed by atoms with Crippen LogP contribution in [0.5, 0.6) is 11.5 Å². The molecule has 0 spiro atoms. The SMILES string of the molecule is COc1cc(/C=C/C(=O)N[C@H](C)C(=O)O)cc(Br)c1OCc1ccccc1. The number of carboxylic acids is 1. The normalized spacial score (nSPS) is 11.8. The van der Waals surface area contributed by atoms with Gasteiger partial charge in [-0.1, -0.05) is 30.3 Å². The van der Waals surface area contributed by atoms with Crippen molar-refractivity contribution in [3.05, 3.63) is 64.1 Å². The first-order chi connectivity index (χ1) is 12.9. The van der Waals surface area contributed by atoms with Gasteiger partial charge in [-0.05, 0) is 52.2 Å². The highest BCUT2D eigenvalue weighted by molar-refractivity contribution is 9.10. The van der Waals surface area contributed by atoms with Crippen LogP contribution < -0.4 is 14.8 Å². The molecule has 0 aromatic heterocycles. The van der Waals surface area contributed by atoms with Crippen molar-refractivity contribution in [3.63, 3.8) is 0 Å². The summed E-state index contributed by atoms with van der Waals surface area (Å²) in [7, 11) is 1.53. The molecule has 2 aromatic rings. The number of ether oxygens (including phenoxy) is 2. The van der Waals surface area contributed by atoms with Crippen LogP contribution in [0.4, 0.5) is 0 Å². The molecule has 0 fully saturated rings. The molecule has 1 amide bonds. The van der Waals surface area contributed by atoms with Crippen molar-refractivity contribution in [2.45, 2.75) is 19.6 Å². The van der Waals surface area contributed by atoms with Crippen molar-refractivity contribution in [1.29, 1.82) is 0 Å². The third-order valence-corrected chi connectivity index (χ3v) is 4.22. The molecule has 0 unspecified atom stereocenters. The smallest absolute Gasteiger partial charge is 0.325 e. The third kappa shape index (κ3) is 6.14. The van der Waals surface area contributed by atoms with Crippen LogP contribution in [-0.2, 0) is 16.2 Å². The van der Waals surface area contributed by atoms with E-state index in [0.29, 0.717) is 28.1 Å². The quantitative estimate of drug-likeness (QED) is 0.620. The predicted molar refractivity (Wildman–Crippen MR) is 106 cm³/mol. The van der Waals surface area contributed by atoms with Crippen LogP contribution in [0.15, 0.2) is 53.0 Å². The number of carbonyl (C=O) groups is 2. The van der Waals surface area contributed by atoms with E-state index in [-0.39, 0.29) is 0 Å². The van der Waals surface area contributed by atoms with Crippen LogP contribution in [0.2, 0.25) is 0 Å². The number of benzene rings is 2. The third-order valence-electron chi connectivity index (χ3n) is 3.63. The Bertz CT molecular complexity index is 836. The molecule has 1 atom stereocenters. The standard InChI is InChI=1S/C20H20BrNO5/c1-13(20(24)25)22-18(23)9-8-15-10-16(21)19(17(11-15)26-2)27-12-14-6-4-3-5-7-14/h3-11,13H,12H2,1-2H3,(H,22,23)(H,24,25)/b9-8+/t13-/m1/s1. The lowest BCUT2D eigenvalue weighted by Crippen LogP contribution is -2.37. The first kappa shape index (κ1) is 20.5. The van der Waals surface area contributed by atoms with E-state index in [9.17, 15) is 9.59 Å². The summed E-state index contributed by atoms with van der Waals surface area (Å²) in [5, 5.41) is 11.2. The van der Waals surface area contributed by atoms with E-state index in [1.54, 1.807) is 18.2 Å². The average molecular weight is 434 g/mol. The van der Waals surface area contributed by atoms with Gasteiger partial charge in [0.2, 0.25) is 5.91 Å². The zero-order valence-corrected chi connectivity index (χ0v) is 16.5. The minimum atomic E-state index is -1.10. The van der Waals surface area contributed by atoms with Crippen molar-refractivity contribution >= 4 is 33.9 Å². The molecule has 0 aliphatic carbocycles. The van der Waals surface area contributed by atoms with Crippen LogP contribution in [-0.4, -0.2) is 30.1 Å². The van der Waals surface area contributed by atoms with E-state index in [1.807, 2.05) is 30.3 Å². The molecule has 0 radical (unpaired) electrons. The van der Waals surface area contributed by atoms with Crippen LogP contribution >= 0.6 is 15.9 Å². The molecule has 27 heavy (non-hydrogen) atoms. The Hall–Kier alpha value is -2.80. The van der Waals surface area contributed by atoms with Crippen molar-refractivity contribution in [3.8, 4) is 11.5 Å². The Morgan fingerprint density at radius 3 is 2.59 bits per heavy atom. The van der Waals surface area contributed by atoms with E-state index in [1.165, 1.54) is 20.1 Å². The number of nitrogens with one attached hydrogen (secondary N) is 1. The summed E-state index contributed by atoms with van der Waals surface area (Å²) in [6.07, 6.45) is 2.84. The number of carboxylic acid groups (broad SMARTS) is 1. The number of amides is 1. The maximum atomic E-state index is 11.8. The summed E-state index contributed by atoms with van der Waals surface area (Å²) in [6.45, 7) is 1.78. The first-order valence-corrected chi connectivity index (χ1v) is 8.95. The van der Waals surface area contributed by atoms with E-state index < -0.39 is 17.9 Å². The Morgan fingerprint density at radius 2 is 1.96 bits per heavy atom. The molecule has 0 saturated carbocycles. The number of hydrogen-bond donors (Lipinski definition) is 2. The Morgan fingerprint density at radius 1 is 1.26 bits per heavy atom. The maximum Gasteiger partial charge on any atom is 0.325 e. The van der Waals surface area contributed by atoms with Crippen LogP contribution in [0, 0.1) is 0 Å². The number of carbonyl (C=O) groups excluding carboxylic acids is 1. The summed E-state index contributed by atoms with van der Waals surface area (Å²) in [6, 6.07) is 12.3. The molecule has 2 aromatic carbocycles. The zero-order valence-electron chi connectivity index (χ0n) is 14.9. The number of rotatable bonds is 8. The second kappa shape index (κ2) is 9.78. The molecule has 7 heteroatoms. The number of aliphatic carboxylic acids is 1. The fraction of sp³-hybridized carbons (Fsp3) is 0.200. The van der Waals surface area contributed by atoms with E-state index >= 15 is 0 Å². The highest BCUT2D eigenvalue weighted by atomic mass is 79.9. The van der Waals surface area contributed by atoms with Gasteiger partial charge >= 0.3 is 5.97 Å². The van der Waals surface area contributed by atoms with Crippen molar-refractivity contribution in [1.82, 2.24) is 5.32 Å². The Labute approximate surface area is 165 Å². The monoisotopic (exact) mass is 433 g/mol. The summed E-state index contributed by atoms with van der Waals surface area (Å²) in [4.78, 5) is 22.5. The van der Waals surface area contributed by atoms with Crippen molar-refractivity contribution in [2.75, 3.05) is 7.11 Å². The molecule has 6 nitrogen and oxygen atoms in total. The van der Waals surface area contributed by atoms with Crippen LogP contribution in [0.3, 0.4) is 0 Å². The second-order valence-electron chi connectivity index (χ2n) is 5.71. The minimum absolute atomic E-state index is 0.389. The molecule has 142 valence electrons. The van der Waals surface area contributed by atoms with Gasteiger partial charge in [-0.15, -0.1) is 0 Å². The van der Waals surface area contributed by atoms with Gasteiger partial charge in [0, 0.05) is 6.08 Å². The van der Waals surface area contributed by atoms with Gasteiger partial charge in [-0.3, -0.25) is 9.59 Å². The second-order valence-corrected chi connectivity index (χ2v) is 6.56. The van der Waals surface area contributed by atoms with E-state index in [0.717, 1.165) is 5.56 Å². The Balaban J connectivity index is 2.11. The largest absolute Gasteiger partial charge is 0.493 e. The zero-order chi connectivity index (χ0) is 19.8. The lowest BCUT2D eigenvalue weighted by Gasteiger charge is -2.13. The molecular weight excluding hydrogens is 414 g/mol. The van der Waals surface area contributed by atoms with Gasteiger partial charge in [0.25, 0.3) is 0 Å². The van der Waals surface area contributed by atoms with Crippen LogP contribution in [0.1, 0.15) is 18.1 Å². The van der Waals surface area contributed by atoms with E-state index in [2.05, 4.69) is 21.2 Å². The topological polar surface area (TPSA) is 84.9 Å². The number of halogens is 1.